The number of thiazole rings is 1. The van der Waals surface area contributed by atoms with E-state index in [4.69, 9.17) is 9.84 Å². The molecule has 1 fully saturated rings. The molecule has 0 saturated carbocycles. The van der Waals surface area contributed by atoms with E-state index in [1.54, 1.807) is 13.8 Å². The lowest BCUT2D eigenvalue weighted by atomic mass is 9.90. The van der Waals surface area contributed by atoms with Crippen LogP contribution in [0.15, 0.2) is 5.38 Å². The smallest absolute Gasteiger partial charge is 0.315 e. The number of nitrogens with one attached hydrogen (secondary N) is 1. The van der Waals surface area contributed by atoms with E-state index >= 15 is 0 Å². The van der Waals surface area contributed by atoms with Gasteiger partial charge in [0, 0.05) is 25.1 Å². The van der Waals surface area contributed by atoms with Crippen LogP contribution in [-0.4, -0.2) is 35.8 Å². The van der Waals surface area contributed by atoms with Crippen molar-refractivity contribution in [1.82, 2.24) is 4.98 Å². The molecule has 0 aromatic carbocycles. The summed E-state index contributed by atoms with van der Waals surface area (Å²) in [6, 6.07) is 0. The van der Waals surface area contributed by atoms with Crippen molar-refractivity contribution in [2.24, 2.45) is 5.92 Å². The lowest BCUT2D eigenvalue weighted by Gasteiger charge is -2.22. The molecule has 1 aliphatic heterocycles. The molecule has 2 heterocycles. The quantitative estimate of drug-likeness (QED) is 0.868. The highest BCUT2D eigenvalue weighted by atomic mass is 32.1. The zero-order valence-electron chi connectivity index (χ0n) is 11.3. The fraction of sp³-hybridized carbons (Fsp3) is 0.692. The molecule has 5 nitrogen and oxygen atoms in total. The summed E-state index contributed by atoms with van der Waals surface area (Å²) in [5.74, 6) is -0.234. The van der Waals surface area contributed by atoms with Gasteiger partial charge in [-0.2, -0.15) is 0 Å². The van der Waals surface area contributed by atoms with E-state index in [2.05, 4.69) is 10.3 Å². The summed E-state index contributed by atoms with van der Waals surface area (Å²) in [7, 11) is 0. The Bertz CT molecular complexity index is 439. The number of carboxylic acids is 1. The van der Waals surface area contributed by atoms with Gasteiger partial charge in [-0.15, -0.1) is 11.3 Å². The Hall–Kier alpha value is -1.14. The Morgan fingerprint density at radius 1 is 1.58 bits per heavy atom. The van der Waals surface area contributed by atoms with Gasteiger partial charge < -0.3 is 15.2 Å². The number of ether oxygens (including phenoxy) is 1. The molecule has 0 unspecified atom stereocenters. The Balaban J connectivity index is 1.92. The summed E-state index contributed by atoms with van der Waals surface area (Å²) in [5.41, 5.74) is -0.325. The first-order valence-electron chi connectivity index (χ1n) is 6.51. The van der Waals surface area contributed by atoms with Gasteiger partial charge in [0.25, 0.3) is 0 Å². The summed E-state index contributed by atoms with van der Waals surface area (Å²) in [5, 5.41) is 15.1. The van der Waals surface area contributed by atoms with Crippen molar-refractivity contribution in [1.29, 1.82) is 0 Å². The van der Waals surface area contributed by atoms with E-state index in [0.29, 0.717) is 11.6 Å². The Labute approximate surface area is 117 Å². The van der Waals surface area contributed by atoms with Crippen LogP contribution in [0.1, 0.15) is 32.4 Å². The summed E-state index contributed by atoms with van der Waals surface area (Å²) >= 11 is 1.47. The van der Waals surface area contributed by atoms with E-state index in [1.807, 2.05) is 5.38 Å². The number of hydrogen-bond acceptors (Lipinski definition) is 5. The number of aliphatic carboxylic acids is 1. The van der Waals surface area contributed by atoms with Crippen molar-refractivity contribution < 1.29 is 14.6 Å². The van der Waals surface area contributed by atoms with Gasteiger partial charge in [0.1, 0.15) is 5.41 Å². The normalized spacial score (nSPS) is 17.4. The number of anilines is 1. The molecule has 1 aromatic rings. The fourth-order valence-electron chi connectivity index (χ4n) is 1.93. The van der Waals surface area contributed by atoms with Crippen molar-refractivity contribution >= 4 is 22.4 Å². The molecule has 2 N–H and O–H groups in total. The van der Waals surface area contributed by atoms with Crippen molar-refractivity contribution in [3.63, 3.8) is 0 Å². The molecule has 0 bridgehead atoms. The third kappa shape index (κ3) is 3.45. The SMILES string of the molecule is CC(C)(C(=O)O)c1csc(NCC2CCOCC2)n1. The van der Waals surface area contributed by atoms with Crippen molar-refractivity contribution in [3.8, 4) is 0 Å². The Kier molecular flexibility index (Phi) is 4.42. The number of rotatable bonds is 5. The zero-order chi connectivity index (χ0) is 13.9. The lowest BCUT2D eigenvalue weighted by molar-refractivity contribution is -0.142. The maximum atomic E-state index is 11.2. The van der Waals surface area contributed by atoms with Crippen molar-refractivity contribution in [3.05, 3.63) is 11.1 Å². The fourth-order valence-corrected chi connectivity index (χ4v) is 2.82. The second-order valence-electron chi connectivity index (χ2n) is 5.40. The van der Waals surface area contributed by atoms with Crippen molar-refractivity contribution in [2.45, 2.75) is 32.1 Å². The topological polar surface area (TPSA) is 71.5 Å². The Morgan fingerprint density at radius 2 is 2.26 bits per heavy atom. The van der Waals surface area contributed by atoms with E-state index in [9.17, 15) is 4.79 Å². The first-order valence-corrected chi connectivity index (χ1v) is 7.39. The number of carboxylic acid groups (broad SMARTS) is 1. The van der Waals surface area contributed by atoms with Crippen LogP contribution in [0.3, 0.4) is 0 Å². The molecule has 0 aliphatic carbocycles. The lowest BCUT2D eigenvalue weighted by Crippen LogP contribution is -2.29. The van der Waals surface area contributed by atoms with Crippen LogP contribution in [0.4, 0.5) is 5.13 Å². The van der Waals surface area contributed by atoms with E-state index in [1.165, 1.54) is 11.3 Å². The molecule has 2 rings (SSSR count). The highest BCUT2D eigenvalue weighted by molar-refractivity contribution is 7.13. The molecule has 1 aromatic heterocycles. The highest BCUT2D eigenvalue weighted by Gasteiger charge is 2.32. The summed E-state index contributed by atoms with van der Waals surface area (Å²) in [6.45, 7) is 5.89. The number of carbonyl (C=O) groups is 1. The minimum atomic E-state index is -0.935. The van der Waals surface area contributed by atoms with Gasteiger partial charge in [-0.05, 0) is 32.6 Å². The molecule has 19 heavy (non-hydrogen) atoms. The van der Waals surface area contributed by atoms with Gasteiger partial charge in [-0.25, -0.2) is 4.98 Å². The Morgan fingerprint density at radius 3 is 2.89 bits per heavy atom. The van der Waals surface area contributed by atoms with Crippen LogP contribution in [0.2, 0.25) is 0 Å². The monoisotopic (exact) mass is 284 g/mol. The van der Waals surface area contributed by atoms with Gasteiger partial charge >= 0.3 is 5.97 Å². The third-order valence-corrected chi connectivity index (χ3v) is 4.36. The van der Waals surface area contributed by atoms with E-state index in [0.717, 1.165) is 37.7 Å². The average Bonchev–Trinajstić information content (AvgIpc) is 2.87. The number of hydrogen-bond donors (Lipinski definition) is 2. The third-order valence-electron chi connectivity index (χ3n) is 3.56. The second-order valence-corrected chi connectivity index (χ2v) is 6.26. The summed E-state index contributed by atoms with van der Waals surface area (Å²) in [4.78, 5) is 15.5. The van der Waals surface area contributed by atoms with Gasteiger partial charge in [0.2, 0.25) is 0 Å². The predicted octanol–water partition coefficient (Wildman–Crippen LogP) is 2.34. The molecule has 0 amide bonds. The molecular weight excluding hydrogens is 264 g/mol. The van der Waals surface area contributed by atoms with Crippen LogP contribution in [0.5, 0.6) is 0 Å². The van der Waals surface area contributed by atoms with E-state index in [-0.39, 0.29) is 0 Å². The average molecular weight is 284 g/mol. The highest BCUT2D eigenvalue weighted by Crippen LogP contribution is 2.27. The zero-order valence-corrected chi connectivity index (χ0v) is 12.1. The van der Waals surface area contributed by atoms with Crippen LogP contribution in [-0.2, 0) is 14.9 Å². The molecular formula is C13H20N2O3S. The molecule has 0 atom stereocenters. The summed E-state index contributed by atoms with van der Waals surface area (Å²) in [6.07, 6.45) is 2.15. The van der Waals surface area contributed by atoms with Crippen molar-refractivity contribution in [2.75, 3.05) is 25.1 Å². The molecule has 1 aliphatic rings. The largest absolute Gasteiger partial charge is 0.481 e. The minimum Gasteiger partial charge on any atom is -0.481 e. The van der Waals surface area contributed by atoms with Gasteiger partial charge in [0.15, 0.2) is 5.13 Å². The predicted molar refractivity (Wildman–Crippen MR) is 74.8 cm³/mol. The van der Waals surface area contributed by atoms with E-state index < -0.39 is 11.4 Å². The maximum absolute atomic E-state index is 11.2. The van der Waals surface area contributed by atoms with Gasteiger partial charge in [-0.3, -0.25) is 4.79 Å². The first-order chi connectivity index (χ1) is 9.00. The molecule has 0 radical (unpaired) electrons. The summed E-state index contributed by atoms with van der Waals surface area (Å²) < 4.78 is 5.32. The van der Waals surface area contributed by atoms with Crippen LogP contribution >= 0.6 is 11.3 Å². The van der Waals surface area contributed by atoms with Crippen LogP contribution < -0.4 is 5.32 Å². The van der Waals surface area contributed by atoms with Crippen LogP contribution in [0.25, 0.3) is 0 Å². The number of nitrogens with zero attached hydrogens (tertiary/aromatic N) is 1. The second kappa shape index (κ2) is 5.88. The molecule has 6 heteroatoms. The molecule has 106 valence electrons. The molecule has 0 spiro atoms. The van der Waals surface area contributed by atoms with Gasteiger partial charge in [-0.1, -0.05) is 0 Å². The molecule has 1 saturated heterocycles. The maximum Gasteiger partial charge on any atom is 0.315 e. The minimum absolute atomic E-state index is 0.611. The number of aromatic nitrogens is 1. The first kappa shape index (κ1) is 14.3. The van der Waals surface area contributed by atoms with Gasteiger partial charge in [0.05, 0.1) is 5.69 Å². The van der Waals surface area contributed by atoms with Crippen LogP contribution in [0, 0.1) is 5.92 Å². The standard InChI is InChI=1S/C13H20N2O3S/c1-13(2,11(16)17)10-8-19-12(15-10)14-7-9-3-5-18-6-4-9/h8-9H,3-7H2,1-2H3,(H,14,15)(H,16,17).